The minimum atomic E-state index is -1.04. The Hall–Kier alpha value is -2.28. The van der Waals surface area contributed by atoms with Gasteiger partial charge in [-0.25, -0.2) is 8.78 Å². The van der Waals surface area contributed by atoms with Gasteiger partial charge in [-0.3, -0.25) is 9.89 Å². The van der Waals surface area contributed by atoms with Crippen LogP contribution in [0, 0.1) is 11.6 Å². The molecular weight excluding hydrogens is 316 g/mol. The van der Waals surface area contributed by atoms with Crippen LogP contribution in [0.5, 0.6) is 0 Å². The molecule has 24 heavy (non-hydrogen) atoms. The fourth-order valence-electron chi connectivity index (χ4n) is 3.26. The van der Waals surface area contributed by atoms with Gasteiger partial charge in [-0.2, -0.15) is 5.10 Å². The van der Waals surface area contributed by atoms with Crippen molar-refractivity contribution in [3.05, 3.63) is 53.4 Å². The van der Waals surface area contributed by atoms with Crippen LogP contribution in [0.4, 0.5) is 8.78 Å². The van der Waals surface area contributed by atoms with Crippen LogP contribution in [0.2, 0.25) is 0 Å². The van der Waals surface area contributed by atoms with Gasteiger partial charge in [0.1, 0.15) is 11.6 Å². The number of nitrogens with zero attached hydrogens (tertiary/aromatic N) is 2. The second kappa shape index (κ2) is 6.68. The SMILES string of the molecule is CN(Cc1ccn[nH]1)C(=O)C1(c2ccc(F)cc2F)CCOCC1. The molecule has 3 rings (SSSR count). The average molecular weight is 335 g/mol. The number of aromatic nitrogens is 2. The number of likely N-dealkylation sites (N-methyl/N-ethyl adjacent to an activating group) is 1. The van der Waals surface area contributed by atoms with E-state index in [0.29, 0.717) is 32.6 Å². The largest absolute Gasteiger partial charge is 0.381 e. The standard InChI is InChI=1S/C17H19F2N3O2/c1-22(11-13-4-7-20-21-13)16(23)17(5-8-24-9-6-17)14-3-2-12(18)10-15(14)19/h2-4,7,10H,5-6,8-9,11H2,1H3,(H,20,21). The molecule has 0 atom stereocenters. The second-order valence-corrected chi connectivity index (χ2v) is 6.06. The van der Waals surface area contributed by atoms with Crippen molar-refractivity contribution in [1.82, 2.24) is 15.1 Å². The zero-order valence-electron chi connectivity index (χ0n) is 13.4. The van der Waals surface area contributed by atoms with E-state index in [1.165, 1.54) is 12.1 Å². The Morgan fingerprint density at radius 2 is 2.08 bits per heavy atom. The molecule has 2 aromatic rings. The second-order valence-electron chi connectivity index (χ2n) is 6.06. The van der Waals surface area contributed by atoms with Gasteiger partial charge in [0.2, 0.25) is 5.91 Å². The number of ether oxygens (including phenoxy) is 1. The molecule has 0 saturated carbocycles. The summed E-state index contributed by atoms with van der Waals surface area (Å²) in [7, 11) is 1.67. The minimum Gasteiger partial charge on any atom is -0.381 e. The average Bonchev–Trinajstić information content (AvgIpc) is 3.07. The molecule has 2 heterocycles. The summed E-state index contributed by atoms with van der Waals surface area (Å²) in [6.45, 7) is 1.06. The van der Waals surface area contributed by atoms with E-state index < -0.39 is 17.0 Å². The van der Waals surface area contributed by atoms with E-state index in [1.807, 2.05) is 0 Å². The predicted molar refractivity (Wildman–Crippen MR) is 83.2 cm³/mol. The van der Waals surface area contributed by atoms with Crippen molar-refractivity contribution in [2.24, 2.45) is 0 Å². The number of nitrogens with one attached hydrogen (secondary N) is 1. The fraction of sp³-hybridized carbons (Fsp3) is 0.412. The number of hydrogen-bond acceptors (Lipinski definition) is 3. The van der Waals surface area contributed by atoms with E-state index in [1.54, 1.807) is 24.2 Å². The summed E-state index contributed by atoms with van der Waals surface area (Å²) in [5.74, 6) is -1.55. The fourth-order valence-corrected chi connectivity index (χ4v) is 3.26. The number of hydrogen-bond donors (Lipinski definition) is 1. The zero-order chi connectivity index (χ0) is 17.2. The summed E-state index contributed by atoms with van der Waals surface area (Å²) in [4.78, 5) is 14.7. The van der Waals surface area contributed by atoms with Gasteiger partial charge >= 0.3 is 0 Å². The molecule has 1 N–H and O–H groups in total. The maximum atomic E-state index is 14.4. The first kappa shape index (κ1) is 16.6. The first-order chi connectivity index (χ1) is 11.5. The van der Waals surface area contributed by atoms with E-state index in [2.05, 4.69) is 10.2 Å². The highest BCUT2D eigenvalue weighted by Crippen LogP contribution is 2.38. The molecule has 0 radical (unpaired) electrons. The van der Waals surface area contributed by atoms with Crippen LogP contribution in [-0.4, -0.2) is 41.3 Å². The predicted octanol–water partition coefficient (Wildman–Crippen LogP) is 2.39. The van der Waals surface area contributed by atoms with Crippen LogP contribution in [0.15, 0.2) is 30.5 Å². The third-order valence-electron chi connectivity index (χ3n) is 4.52. The topological polar surface area (TPSA) is 58.2 Å². The number of halogens is 2. The highest BCUT2D eigenvalue weighted by molar-refractivity contribution is 5.88. The highest BCUT2D eigenvalue weighted by atomic mass is 19.1. The van der Waals surface area contributed by atoms with Crippen molar-refractivity contribution in [3.63, 3.8) is 0 Å². The Morgan fingerprint density at radius 3 is 2.71 bits per heavy atom. The van der Waals surface area contributed by atoms with Crippen LogP contribution < -0.4 is 0 Å². The van der Waals surface area contributed by atoms with Gasteiger partial charge in [0.15, 0.2) is 0 Å². The van der Waals surface area contributed by atoms with Crippen molar-refractivity contribution >= 4 is 5.91 Å². The number of carbonyl (C=O) groups is 1. The van der Waals surface area contributed by atoms with Gasteiger partial charge in [0, 0.05) is 38.1 Å². The summed E-state index contributed by atoms with van der Waals surface area (Å²) >= 11 is 0. The molecule has 5 nitrogen and oxygen atoms in total. The van der Waals surface area contributed by atoms with E-state index in [4.69, 9.17) is 4.74 Å². The Labute approximate surface area is 138 Å². The molecule has 1 aromatic heterocycles. The third-order valence-corrected chi connectivity index (χ3v) is 4.52. The lowest BCUT2D eigenvalue weighted by atomic mass is 9.72. The quantitative estimate of drug-likeness (QED) is 0.933. The van der Waals surface area contributed by atoms with Crippen molar-refractivity contribution in [2.45, 2.75) is 24.8 Å². The minimum absolute atomic E-state index is 0.203. The molecule has 0 spiro atoms. The summed E-state index contributed by atoms with van der Waals surface area (Å²) in [6.07, 6.45) is 2.33. The van der Waals surface area contributed by atoms with Gasteiger partial charge in [-0.15, -0.1) is 0 Å². The zero-order valence-corrected chi connectivity index (χ0v) is 13.4. The molecule has 128 valence electrons. The maximum absolute atomic E-state index is 14.4. The summed E-state index contributed by atoms with van der Waals surface area (Å²) in [5, 5.41) is 6.67. The van der Waals surface area contributed by atoms with Crippen molar-refractivity contribution < 1.29 is 18.3 Å². The van der Waals surface area contributed by atoms with E-state index in [9.17, 15) is 13.6 Å². The van der Waals surface area contributed by atoms with Crippen LogP contribution in [0.3, 0.4) is 0 Å². The number of aromatic amines is 1. The molecule has 0 aliphatic carbocycles. The summed E-state index contributed by atoms with van der Waals surface area (Å²) in [6, 6.07) is 5.17. The normalized spacial score (nSPS) is 16.8. The molecule has 7 heteroatoms. The van der Waals surface area contributed by atoms with Crippen LogP contribution in [0.25, 0.3) is 0 Å². The smallest absolute Gasteiger partial charge is 0.233 e. The van der Waals surface area contributed by atoms with Gasteiger partial charge in [-0.05, 0) is 25.0 Å². The first-order valence-electron chi connectivity index (χ1n) is 7.80. The highest BCUT2D eigenvalue weighted by Gasteiger charge is 2.45. The van der Waals surface area contributed by atoms with Gasteiger partial charge in [-0.1, -0.05) is 6.07 Å². The molecule has 1 saturated heterocycles. The molecular formula is C17H19F2N3O2. The molecule has 1 aromatic carbocycles. The molecule has 1 aliphatic heterocycles. The maximum Gasteiger partial charge on any atom is 0.233 e. The molecule has 0 bridgehead atoms. The Balaban J connectivity index is 1.94. The lowest BCUT2D eigenvalue weighted by Crippen LogP contribution is -2.49. The number of benzene rings is 1. The van der Waals surface area contributed by atoms with Gasteiger partial charge in [0.05, 0.1) is 17.7 Å². The van der Waals surface area contributed by atoms with Crippen LogP contribution in [-0.2, 0) is 21.5 Å². The van der Waals surface area contributed by atoms with Crippen molar-refractivity contribution in [2.75, 3.05) is 20.3 Å². The third kappa shape index (κ3) is 3.03. The number of carbonyl (C=O) groups excluding carboxylic acids is 1. The lowest BCUT2D eigenvalue weighted by Gasteiger charge is -2.39. The monoisotopic (exact) mass is 335 g/mol. The molecule has 1 amide bonds. The summed E-state index contributed by atoms with van der Waals surface area (Å²) < 4.78 is 33.1. The Kier molecular flexibility index (Phi) is 4.62. The van der Waals surface area contributed by atoms with E-state index >= 15 is 0 Å². The van der Waals surface area contributed by atoms with Gasteiger partial charge in [0.25, 0.3) is 0 Å². The van der Waals surface area contributed by atoms with E-state index in [-0.39, 0.29) is 11.5 Å². The number of H-pyrrole nitrogens is 1. The molecule has 0 unspecified atom stereocenters. The molecule has 1 aliphatic rings. The summed E-state index contributed by atoms with van der Waals surface area (Å²) in [5.41, 5.74) is -0.0218. The van der Waals surface area contributed by atoms with Gasteiger partial charge < -0.3 is 9.64 Å². The number of rotatable bonds is 4. The Bertz CT molecular complexity index is 713. The molecule has 1 fully saturated rings. The lowest BCUT2D eigenvalue weighted by molar-refractivity contribution is -0.140. The van der Waals surface area contributed by atoms with Crippen LogP contribution in [0.1, 0.15) is 24.1 Å². The van der Waals surface area contributed by atoms with Crippen molar-refractivity contribution in [1.29, 1.82) is 0 Å². The Morgan fingerprint density at radius 1 is 1.33 bits per heavy atom. The van der Waals surface area contributed by atoms with Crippen molar-refractivity contribution in [3.8, 4) is 0 Å². The van der Waals surface area contributed by atoms with Crippen LogP contribution >= 0.6 is 0 Å². The van der Waals surface area contributed by atoms with E-state index in [0.717, 1.165) is 11.8 Å². The first-order valence-corrected chi connectivity index (χ1v) is 7.80. The number of amides is 1.